The van der Waals surface area contributed by atoms with E-state index in [0.717, 1.165) is 17.8 Å². The smallest absolute Gasteiger partial charge is 0.247 e. The van der Waals surface area contributed by atoms with Crippen molar-refractivity contribution in [1.82, 2.24) is 4.90 Å². The number of hydrogen-bond acceptors (Lipinski definition) is 3. The summed E-state index contributed by atoms with van der Waals surface area (Å²) in [7, 11) is 1.84. The zero-order chi connectivity index (χ0) is 14.2. The Balaban J connectivity index is 2.44. The van der Waals surface area contributed by atoms with Crippen LogP contribution in [-0.2, 0) is 4.79 Å². The van der Waals surface area contributed by atoms with E-state index in [0.29, 0.717) is 6.54 Å². The number of carbonyl (C=O) groups excluding carboxylic acids is 1. The summed E-state index contributed by atoms with van der Waals surface area (Å²) in [5.74, 6) is 0.110. The van der Waals surface area contributed by atoms with E-state index in [1.54, 1.807) is 11.8 Å². The summed E-state index contributed by atoms with van der Waals surface area (Å²) in [6.45, 7) is 7.10. The summed E-state index contributed by atoms with van der Waals surface area (Å²) in [6, 6.07) is 7.75. The quantitative estimate of drug-likeness (QED) is 0.884. The fraction of sp³-hybridized carbons (Fsp3) is 0.533. The Labute approximate surface area is 114 Å². The van der Waals surface area contributed by atoms with Gasteiger partial charge in [-0.3, -0.25) is 4.79 Å². The van der Waals surface area contributed by atoms with Gasteiger partial charge in [-0.05, 0) is 26.8 Å². The fourth-order valence-corrected chi connectivity index (χ4v) is 2.72. The highest BCUT2D eigenvalue weighted by Gasteiger charge is 2.41. The fourth-order valence-electron chi connectivity index (χ4n) is 2.72. The molecule has 1 fully saturated rings. The van der Waals surface area contributed by atoms with Crippen LogP contribution in [0.2, 0.25) is 0 Å². The third-order valence-electron chi connectivity index (χ3n) is 3.88. The molecule has 0 unspecified atom stereocenters. The molecule has 0 radical (unpaired) electrons. The largest absolute Gasteiger partial charge is 0.389 e. The molecule has 0 aliphatic carbocycles. The maximum absolute atomic E-state index is 12.3. The van der Waals surface area contributed by atoms with Crippen LogP contribution in [0.15, 0.2) is 24.3 Å². The van der Waals surface area contributed by atoms with Gasteiger partial charge in [0.25, 0.3) is 0 Å². The van der Waals surface area contributed by atoms with Crippen LogP contribution in [0, 0.1) is 0 Å². The summed E-state index contributed by atoms with van der Waals surface area (Å²) in [5, 5.41) is 9.90. The average Bonchev–Trinajstić information content (AvgIpc) is 2.36. The number of nitrogens with zero attached hydrogens (tertiary/aromatic N) is 2. The van der Waals surface area contributed by atoms with Crippen molar-refractivity contribution >= 4 is 11.6 Å². The van der Waals surface area contributed by atoms with E-state index >= 15 is 0 Å². The Bertz CT molecular complexity index is 483. The lowest BCUT2D eigenvalue weighted by Crippen LogP contribution is -2.62. The second kappa shape index (κ2) is 4.85. The molecule has 4 heteroatoms. The number of aliphatic hydroxyl groups is 1. The molecule has 4 nitrogen and oxygen atoms in total. The second-order valence-corrected chi connectivity index (χ2v) is 5.67. The molecule has 0 saturated carbocycles. The van der Waals surface area contributed by atoms with Crippen LogP contribution in [0.1, 0.15) is 32.4 Å². The third-order valence-corrected chi connectivity index (χ3v) is 3.88. The predicted octanol–water partition coefficient (Wildman–Crippen LogP) is 1.80. The molecular weight excluding hydrogens is 240 g/mol. The lowest BCUT2D eigenvalue weighted by molar-refractivity contribution is -0.136. The minimum atomic E-state index is -0.585. The van der Waals surface area contributed by atoms with E-state index in [-0.39, 0.29) is 5.91 Å². The minimum Gasteiger partial charge on any atom is -0.389 e. The summed E-state index contributed by atoms with van der Waals surface area (Å²) in [5.41, 5.74) is 1.23. The van der Waals surface area contributed by atoms with Gasteiger partial charge in [0.15, 0.2) is 0 Å². The van der Waals surface area contributed by atoms with E-state index in [1.165, 1.54) is 0 Å². The molecule has 2 rings (SSSR count). The Morgan fingerprint density at radius 1 is 1.26 bits per heavy atom. The topological polar surface area (TPSA) is 43.8 Å². The number of aliphatic hydroxyl groups excluding tert-OH is 1. The molecule has 1 heterocycles. The van der Waals surface area contributed by atoms with Crippen molar-refractivity contribution in [2.45, 2.75) is 32.4 Å². The Kier molecular flexibility index (Phi) is 3.54. The second-order valence-electron chi connectivity index (χ2n) is 5.67. The molecule has 0 spiro atoms. The maximum atomic E-state index is 12.3. The highest BCUT2D eigenvalue weighted by Crippen LogP contribution is 2.33. The van der Waals surface area contributed by atoms with Gasteiger partial charge in [-0.1, -0.05) is 18.2 Å². The standard InChI is InChI=1S/C15H22N2O2/c1-11(18)12-7-5-6-8-13(12)17-10-9-16(4)14(19)15(17,2)3/h5-8,11,18H,9-10H2,1-4H3/t11-/m1/s1. The van der Waals surface area contributed by atoms with Gasteiger partial charge in [-0.25, -0.2) is 0 Å². The first-order chi connectivity index (χ1) is 8.85. The minimum absolute atomic E-state index is 0.110. The molecule has 1 N–H and O–H groups in total. The molecule has 1 aromatic rings. The molecule has 0 aromatic heterocycles. The average molecular weight is 262 g/mol. The Morgan fingerprint density at radius 3 is 2.53 bits per heavy atom. The van der Waals surface area contributed by atoms with Gasteiger partial charge in [0.2, 0.25) is 5.91 Å². The molecule has 0 bridgehead atoms. The number of para-hydroxylation sites is 1. The van der Waals surface area contributed by atoms with Crippen molar-refractivity contribution in [2.75, 3.05) is 25.0 Å². The molecule has 19 heavy (non-hydrogen) atoms. The van der Waals surface area contributed by atoms with Crippen molar-refractivity contribution in [2.24, 2.45) is 0 Å². The van der Waals surface area contributed by atoms with Gasteiger partial charge >= 0.3 is 0 Å². The summed E-state index contributed by atoms with van der Waals surface area (Å²) in [4.78, 5) is 16.2. The number of anilines is 1. The number of benzene rings is 1. The number of carbonyl (C=O) groups is 1. The first-order valence-electron chi connectivity index (χ1n) is 6.66. The number of hydrogen-bond donors (Lipinski definition) is 1. The van der Waals surface area contributed by atoms with Gasteiger partial charge < -0.3 is 14.9 Å². The van der Waals surface area contributed by atoms with Crippen LogP contribution in [0.5, 0.6) is 0 Å². The van der Waals surface area contributed by atoms with E-state index in [9.17, 15) is 9.90 Å². The molecule has 104 valence electrons. The number of amides is 1. The van der Waals surface area contributed by atoms with Crippen LogP contribution in [0.4, 0.5) is 5.69 Å². The SMILES string of the molecule is C[C@@H](O)c1ccccc1N1CCN(C)C(=O)C1(C)C. The zero-order valence-corrected chi connectivity index (χ0v) is 12.1. The molecule has 1 amide bonds. The van der Waals surface area contributed by atoms with E-state index in [1.807, 2.05) is 45.2 Å². The van der Waals surface area contributed by atoms with Crippen LogP contribution in [-0.4, -0.2) is 41.6 Å². The predicted molar refractivity (Wildman–Crippen MR) is 76.1 cm³/mol. The van der Waals surface area contributed by atoms with Gasteiger partial charge in [-0.15, -0.1) is 0 Å². The van der Waals surface area contributed by atoms with Crippen molar-refractivity contribution in [1.29, 1.82) is 0 Å². The normalized spacial score (nSPS) is 20.6. The number of rotatable bonds is 2. The van der Waals surface area contributed by atoms with Gasteiger partial charge in [0, 0.05) is 31.4 Å². The van der Waals surface area contributed by atoms with Crippen LogP contribution in [0.3, 0.4) is 0 Å². The van der Waals surface area contributed by atoms with Crippen LogP contribution < -0.4 is 4.90 Å². The van der Waals surface area contributed by atoms with Crippen molar-refractivity contribution < 1.29 is 9.90 Å². The lowest BCUT2D eigenvalue weighted by atomic mass is 9.95. The lowest BCUT2D eigenvalue weighted by Gasteiger charge is -2.47. The monoisotopic (exact) mass is 262 g/mol. The molecule has 1 aliphatic rings. The van der Waals surface area contributed by atoms with Crippen LogP contribution in [0.25, 0.3) is 0 Å². The first kappa shape index (κ1) is 13.9. The number of piperazine rings is 1. The zero-order valence-electron chi connectivity index (χ0n) is 12.1. The molecule has 1 aromatic carbocycles. The van der Waals surface area contributed by atoms with E-state index < -0.39 is 11.6 Å². The Morgan fingerprint density at radius 2 is 1.89 bits per heavy atom. The first-order valence-corrected chi connectivity index (χ1v) is 6.66. The summed E-state index contributed by atoms with van der Waals surface area (Å²) in [6.07, 6.45) is -0.540. The van der Waals surface area contributed by atoms with Crippen molar-refractivity contribution in [3.05, 3.63) is 29.8 Å². The molecule has 1 atom stereocenters. The highest BCUT2D eigenvalue weighted by atomic mass is 16.3. The highest BCUT2D eigenvalue weighted by molar-refractivity contribution is 5.90. The van der Waals surface area contributed by atoms with E-state index in [2.05, 4.69) is 4.90 Å². The summed E-state index contributed by atoms with van der Waals surface area (Å²) >= 11 is 0. The summed E-state index contributed by atoms with van der Waals surface area (Å²) < 4.78 is 0. The third kappa shape index (κ3) is 2.32. The van der Waals surface area contributed by atoms with Gasteiger partial charge in [0.05, 0.1) is 6.10 Å². The van der Waals surface area contributed by atoms with Gasteiger partial charge in [-0.2, -0.15) is 0 Å². The van der Waals surface area contributed by atoms with Crippen LogP contribution >= 0.6 is 0 Å². The van der Waals surface area contributed by atoms with Crippen molar-refractivity contribution in [3.8, 4) is 0 Å². The number of likely N-dealkylation sites (N-methyl/N-ethyl adjacent to an activating group) is 1. The molecule has 1 saturated heterocycles. The van der Waals surface area contributed by atoms with E-state index in [4.69, 9.17) is 0 Å². The van der Waals surface area contributed by atoms with Gasteiger partial charge in [0.1, 0.15) is 5.54 Å². The molecule has 1 aliphatic heterocycles. The Hall–Kier alpha value is -1.55. The van der Waals surface area contributed by atoms with Crippen molar-refractivity contribution in [3.63, 3.8) is 0 Å². The molecular formula is C15H22N2O2. The maximum Gasteiger partial charge on any atom is 0.247 e.